The van der Waals surface area contributed by atoms with Crippen molar-refractivity contribution < 1.29 is 0 Å². The first-order valence-corrected chi connectivity index (χ1v) is 7.76. The van der Waals surface area contributed by atoms with Crippen molar-refractivity contribution in [3.63, 3.8) is 0 Å². The quantitative estimate of drug-likeness (QED) is 0.802. The van der Waals surface area contributed by atoms with E-state index in [1.807, 2.05) is 0 Å². The SMILES string of the molecule is CC(C)(C)c1nc(N)sc1Cc1ccc(I)cc1. The largest absolute Gasteiger partial charge is 0.375 e. The first kappa shape index (κ1) is 13.8. The average molecular weight is 372 g/mol. The van der Waals surface area contributed by atoms with Crippen molar-refractivity contribution in [1.29, 1.82) is 0 Å². The minimum Gasteiger partial charge on any atom is -0.375 e. The van der Waals surface area contributed by atoms with Gasteiger partial charge in [0.05, 0.1) is 5.69 Å². The predicted molar refractivity (Wildman–Crippen MR) is 87.2 cm³/mol. The Balaban J connectivity index is 2.31. The van der Waals surface area contributed by atoms with Crippen LogP contribution >= 0.6 is 33.9 Å². The second-order valence-electron chi connectivity index (χ2n) is 5.38. The predicted octanol–water partition coefficient (Wildman–Crippen LogP) is 4.22. The van der Waals surface area contributed by atoms with Gasteiger partial charge in [-0.15, -0.1) is 11.3 Å². The van der Waals surface area contributed by atoms with Crippen LogP contribution in [0.4, 0.5) is 5.13 Å². The van der Waals surface area contributed by atoms with Gasteiger partial charge in [-0.05, 0) is 40.3 Å². The number of aromatic nitrogens is 1. The Labute approximate surface area is 126 Å². The molecule has 0 aliphatic heterocycles. The Bertz CT molecular complexity index is 538. The van der Waals surface area contributed by atoms with Gasteiger partial charge in [0.2, 0.25) is 0 Å². The van der Waals surface area contributed by atoms with Crippen molar-refractivity contribution in [2.45, 2.75) is 32.6 Å². The van der Waals surface area contributed by atoms with Gasteiger partial charge in [-0.25, -0.2) is 4.98 Å². The molecule has 2 aromatic rings. The number of rotatable bonds is 2. The van der Waals surface area contributed by atoms with E-state index in [0.29, 0.717) is 5.13 Å². The molecule has 0 amide bonds. The summed E-state index contributed by atoms with van der Waals surface area (Å²) in [5.41, 5.74) is 8.35. The fourth-order valence-corrected chi connectivity index (χ4v) is 3.30. The van der Waals surface area contributed by atoms with E-state index in [0.717, 1.165) is 12.1 Å². The van der Waals surface area contributed by atoms with Crippen LogP contribution in [0.15, 0.2) is 24.3 Å². The van der Waals surface area contributed by atoms with Crippen molar-refractivity contribution in [3.8, 4) is 0 Å². The third kappa shape index (κ3) is 3.23. The Morgan fingerprint density at radius 2 is 1.83 bits per heavy atom. The minimum absolute atomic E-state index is 0.0483. The van der Waals surface area contributed by atoms with Crippen LogP contribution in [0, 0.1) is 3.57 Å². The molecule has 0 atom stereocenters. The van der Waals surface area contributed by atoms with Crippen LogP contribution in [0.5, 0.6) is 0 Å². The fourth-order valence-electron chi connectivity index (χ4n) is 1.86. The number of anilines is 1. The maximum Gasteiger partial charge on any atom is 0.180 e. The number of hydrogen-bond donors (Lipinski definition) is 1. The van der Waals surface area contributed by atoms with E-state index >= 15 is 0 Å². The van der Waals surface area contributed by atoms with Gasteiger partial charge in [0, 0.05) is 20.3 Å². The van der Waals surface area contributed by atoms with Gasteiger partial charge in [-0.3, -0.25) is 0 Å². The van der Waals surface area contributed by atoms with E-state index in [1.165, 1.54) is 14.0 Å². The van der Waals surface area contributed by atoms with E-state index in [2.05, 4.69) is 72.6 Å². The fraction of sp³-hybridized carbons (Fsp3) is 0.357. The number of nitrogens with two attached hydrogens (primary N) is 1. The molecule has 0 spiro atoms. The summed E-state index contributed by atoms with van der Waals surface area (Å²) in [5, 5.41) is 0.667. The molecule has 1 heterocycles. The molecule has 1 aromatic heterocycles. The van der Waals surface area contributed by atoms with E-state index in [9.17, 15) is 0 Å². The van der Waals surface area contributed by atoms with Crippen molar-refractivity contribution in [2.24, 2.45) is 0 Å². The van der Waals surface area contributed by atoms with Crippen LogP contribution in [0.2, 0.25) is 0 Å². The van der Waals surface area contributed by atoms with Gasteiger partial charge in [0.25, 0.3) is 0 Å². The van der Waals surface area contributed by atoms with Gasteiger partial charge in [0.15, 0.2) is 5.13 Å². The molecule has 2 N–H and O–H groups in total. The first-order chi connectivity index (χ1) is 8.36. The maximum atomic E-state index is 5.86. The van der Waals surface area contributed by atoms with Crippen molar-refractivity contribution in [2.75, 3.05) is 5.73 Å². The van der Waals surface area contributed by atoms with E-state index in [4.69, 9.17) is 5.73 Å². The highest BCUT2D eigenvalue weighted by Gasteiger charge is 2.22. The lowest BCUT2D eigenvalue weighted by atomic mass is 9.90. The van der Waals surface area contributed by atoms with Crippen molar-refractivity contribution >= 4 is 39.1 Å². The second kappa shape index (κ2) is 5.17. The summed E-state index contributed by atoms with van der Waals surface area (Å²) in [7, 11) is 0. The Morgan fingerprint density at radius 1 is 1.22 bits per heavy atom. The van der Waals surface area contributed by atoms with Crippen LogP contribution in [0.3, 0.4) is 0 Å². The lowest BCUT2D eigenvalue weighted by molar-refractivity contribution is 0.568. The van der Waals surface area contributed by atoms with Gasteiger partial charge in [-0.1, -0.05) is 32.9 Å². The third-order valence-corrected chi connectivity index (χ3v) is 4.31. The molecule has 0 aliphatic rings. The molecular formula is C14H17IN2S. The first-order valence-electron chi connectivity index (χ1n) is 5.86. The monoisotopic (exact) mass is 372 g/mol. The zero-order chi connectivity index (χ0) is 13.3. The zero-order valence-electron chi connectivity index (χ0n) is 10.8. The molecule has 2 rings (SSSR count). The number of nitrogens with zero attached hydrogens (tertiary/aromatic N) is 1. The highest BCUT2D eigenvalue weighted by atomic mass is 127. The number of nitrogen functional groups attached to an aromatic ring is 1. The summed E-state index contributed by atoms with van der Waals surface area (Å²) < 4.78 is 1.26. The van der Waals surface area contributed by atoms with Crippen molar-refractivity contribution in [1.82, 2.24) is 4.98 Å². The van der Waals surface area contributed by atoms with Gasteiger partial charge in [-0.2, -0.15) is 0 Å². The minimum atomic E-state index is 0.0483. The zero-order valence-corrected chi connectivity index (χ0v) is 13.8. The topological polar surface area (TPSA) is 38.9 Å². The summed E-state index contributed by atoms with van der Waals surface area (Å²) in [6.07, 6.45) is 0.915. The number of halogens is 1. The molecule has 0 radical (unpaired) electrons. The van der Waals surface area contributed by atoms with Crippen LogP contribution in [0.1, 0.15) is 36.9 Å². The molecule has 0 aliphatic carbocycles. The van der Waals surface area contributed by atoms with E-state index in [-0.39, 0.29) is 5.41 Å². The van der Waals surface area contributed by atoms with E-state index in [1.54, 1.807) is 11.3 Å². The smallest absolute Gasteiger partial charge is 0.180 e. The highest BCUT2D eigenvalue weighted by Crippen LogP contribution is 2.32. The lowest BCUT2D eigenvalue weighted by Crippen LogP contribution is -2.14. The Morgan fingerprint density at radius 3 is 2.39 bits per heavy atom. The summed E-state index contributed by atoms with van der Waals surface area (Å²) >= 11 is 3.93. The second-order valence-corrected chi connectivity index (χ2v) is 7.74. The average Bonchev–Trinajstić information content (AvgIpc) is 2.63. The summed E-state index contributed by atoms with van der Waals surface area (Å²) in [4.78, 5) is 5.77. The van der Waals surface area contributed by atoms with Crippen LogP contribution in [0.25, 0.3) is 0 Å². The van der Waals surface area contributed by atoms with Crippen LogP contribution in [-0.4, -0.2) is 4.98 Å². The molecule has 1 aromatic carbocycles. The van der Waals surface area contributed by atoms with Gasteiger partial charge in [0.1, 0.15) is 0 Å². The summed E-state index contributed by atoms with van der Waals surface area (Å²) in [5.74, 6) is 0. The molecule has 0 unspecified atom stereocenters. The summed E-state index contributed by atoms with van der Waals surface area (Å²) in [6, 6.07) is 8.61. The maximum absolute atomic E-state index is 5.86. The molecule has 0 bridgehead atoms. The lowest BCUT2D eigenvalue weighted by Gasteiger charge is -2.17. The number of hydrogen-bond acceptors (Lipinski definition) is 3. The molecule has 0 saturated heterocycles. The van der Waals surface area contributed by atoms with Gasteiger partial charge < -0.3 is 5.73 Å². The van der Waals surface area contributed by atoms with Crippen molar-refractivity contribution in [3.05, 3.63) is 44.0 Å². The number of benzene rings is 1. The van der Waals surface area contributed by atoms with Crippen LogP contribution < -0.4 is 5.73 Å². The molecular weight excluding hydrogens is 355 g/mol. The standard InChI is InChI=1S/C14H17IN2S/c1-14(2,3)12-11(18-13(16)17-12)8-9-4-6-10(15)7-5-9/h4-7H,8H2,1-3H3,(H2,16,17). The normalized spacial score (nSPS) is 11.8. The molecule has 0 fully saturated rings. The molecule has 96 valence electrons. The molecule has 18 heavy (non-hydrogen) atoms. The summed E-state index contributed by atoms with van der Waals surface area (Å²) in [6.45, 7) is 6.54. The highest BCUT2D eigenvalue weighted by molar-refractivity contribution is 14.1. The Kier molecular flexibility index (Phi) is 3.96. The molecule has 4 heteroatoms. The van der Waals surface area contributed by atoms with Crippen LogP contribution in [-0.2, 0) is 11.8 Å². The Hall–Kier alpha value is -0.620. The van der Waals surface area contributed by atoms with E-state index < -0.39 is 0 Å². The van der Waals surface area contributed by atoms with Gasteiger partial charge >= 0.3 is 0 Å². The number of thiazole rings is 1. The molecule has 2 nitrogen and oxygen atoms in total. The molecule has 0 saturated carbocycles. The third-order valence-electron chi connectivity index (χ3n) is 2.70.